The van der Waals surface area contributed by atoms with Crippen molar-refractivity contribution in [2.45, 2.75) is 47.1 Å². The van der Waals surface area contributed by atoms with Gasteiger partial charge in [-0.15, -0.1) is 0 Å². The topological polar surface area (TPSA) is 38.1 Å². The molecular weight excluding hydrogens is 248 g/mol. The summed E-state index contributed by atoms with van der Waals surface area (Å²) in [6.45, 7) is 10.2. The highest BCUT2D eigenvalue weighted by atomic mass is 16.3. The molecule has 2 atom stereocenters. The van der Waals surface area contributed by atoms with E-state index in [-0.39, 0.29) is 12.0 Å². The highest BCUT2D eigenvalue weighted by Gasteiger charge is 2.13. The number of nitrogens with zero attached hydrogens (tertiary/aromatic N) is 2. The molecule has 0 bridgehead atoms. The molecule has 2 rings (SSSR count). The second-order valence-corrected chi connectivity index (χ2v) is 5.87. The predicted octanol–water partition coefficient (Wildman–Crippen LogP) is 3.36. The molecule has 2 aromatic heterocycles. The Morgan fingerprint density at radius 3 is 2.25 bits per heavy atom. The third kappa shape index (κ3) is 3.10. The Kier molecular flexibility index (Phi) is 4.29. The summed E-state index contributed by atoms with van der Waals surface area (Å²) in [5.41, 5.74) is 4.63. The molecule has 0 aliphatic heterocycles. The van der Waals surface area contributed by atoms with Crippen molar-refractivity contribution in [2.75, 3.05) is 0 Å². The van der Waals surface area contributed by atoms with Gasteiger partial charge in [-0.25, -0.2) is 4.98 Å². The lowest BCUT2D eigenvalue weighted by Gasteiger charge is -2.16. The first-order valence-electron chi connectivity index (χ1n) is 7.19. The molecule has 2 aromatic rings. The van der Waals surface area contributed by atoms with Crippen LogP contribution in [0.4, 0.5) is 0 Å². The summed E-state index contributed by atoms with van der Waals surface area (Å²) in [4.78, 5) is 4.77. The van der Waals surface area contributed by atoms with Crippen LogP contribution in [0, 0.1) is 26.7 Å². The van der Waals surface area contributed by atoms with Crippen molar-refractivity contribution in [1.82, 2.24) is 9.55 Å². The van der Waals surface area contributed by atoms with Crippen molar-refractivity contribution in [1.29, 1.82) is 0 Å². The van der Waals surface area contributed by atoms with E-state index in [1.807, 2.05) is 6.92 Å². The van der Waals surface area contributed by atoms with Crippen LogP contribution in [0.3, 0.4) is 0 Å². The molecule has 0 spiro atoms. The summed E-state index contributed by atoms with van der Waals surface area (Å²) >= 11 is 0. The third-order valence-corrected chi connectivity index (χ3v) is 3.86. The number of rotatable bonds is 4. The fraction of sp³-hybridized carbons (Fsp3) is 0.471. The summed E-state index contributed by atoms with van der Waals surface area (Å²) in [5.74, 6) is 1.18. The van der Waals surface area contributed by atoms with Crippen LogP contribution in [0.2, 0.25) is 0 Å². The van der Waals surface area contributed by atoms with Crippen LogP contribution in [0.15, 0.2) is 24.3 Å². The van der Waals surface area contributed by atoms with Gasteiger partial charge < -0.3 is 9.67 Å². The smallest absolute Gasteiger partial charge is 0.137 e. The van der Waals surface area contributed by atoms with Gasteiger partial charge in [0.1, 0.15) is 5.82 Å². The molecule has 108 valence electrons. The Balaban J connectivity index is 2.39. The van der Waals surface area contributed by atoms with Crippen LogP contribution in [-0.4, -0.2) is 20.8 Å². The van der Waals surface area contributed by atoms with Gasteiger partial charge >= 0.3 is 0 Å². The number of hydrogen-bond acceptors (Lipinski definition) is 2. The summed E-state index contributed by atoms with van der Waals surface area (Å²) in [6.07, 6.45) is 0.488. The van der Waals surface area contributed by atoms with Crippen molar-refractivity contribution in [3.63, 3.8) is 0 Å². The van der Waals surface area contributed by atoms with Gasteiger partial charge in [0.25, 0.3) is 0 Å². The molecule has 0 saturated carbocycles. The van der Waals surface area contributed by atoms with Crippen molar-refractivity contribution >= 4 is 0 Å². The summed E-state index contributed by atoms with van der Waals surface area (Å²) in [6, 6.07) is 8.43. The van der Waals surface area contributed by atoms with E-state index in [9.17, 15) is 5.11 Å². The van der Waals surface area contributed by atoms with E-state index in [1.165, 1.54) is 17.0 Å². The maximum absolute atomic E-state index is 9.66. The molecular formula is C17H24N2O. The predicted molar refractivity (Wildman–Crippen MR) is 82.3 cm³/mol. The van der Waals surface area contributed by atoms with E-state index in [0.717, 1.165) is 17.9 Å². The minimum atomic E-state index is -0.309. The van der Waals surface area contributed by atoms with Crippen LogP contribution in [0.5, 0.6) is 0 Å². The van der Waals surface area contributed by atoms with Crippen LogP contribution >= 0.6 is 0 Å². The van der Waals surface area contributed by atoms with Crippen LogP contribution < -0.4 is 0 Å². The molecule has 0 radical (unpaired) electrons. The van der Waals surface area contributed by atoms with Gasteiger partial charge in [0, 0.05) is 17.1 Å². The fourth-order valence-corrected chi connectivity index (χ4v) is 2.47. The van der Waals surface area contributed by atoms with Crippen molar-refractivity contribution in [2.24, 2.45) is 5.92 Å². The summed E-state index contributed by atoms with van der Waals surface area (Å²) < 4.78 is 2.17. The van der Waals surface area contributed by atoms with Crippen molar-refractivity contribution < 1.29 is 5.11 Å². The first kappa shape index (κ1) is 14.8. The minimum absolute atomic E-state index is 0.212. The molecule has 0 aromatic carbocycles. The minimum Gasteiger partial charge on any atom is -0.393 e. The molecule has 3 heteroatoms. The van der Waals surface area contributed by atoms with Gasteiger partial charge in [-0.2, -0.15) is 0 Å². The van der Waals surface area contributed by atoms with E-state index in [4.69, 9.17) is 4.98 Å². The first-order valence-corrected chi connectivity index (χ1v) is 7.19. The number of hydrogen-bond donors (Lipinski definition) is 1. The first-order chi connectivity index (χ1) is 9.38. The van der Waals surface area contributed by atoms with Gasteiger partial charge in [0.05, 0.1) is 6.10 Å². The second kappa shape index (κ2) is 5.80. The molecule has 20 heavy (non-hydrogen) atoms. The van der Waals surface area contributed by atoms with Crippen LogP contribution in [0.1, 0.15) is 36.5 Å². The quantitative estimate of drug-likeness (QED) is 0.926. The highest BCUT2D eigenvalue weighted by Crippen LogP contribution is 2.18. The standard InChI is InChI=1S/C17H24N2O/c1-11-8-16(10-12(2)15(5)20)18-17(9-11)19-13(3)6-7-14(19)4/h6-9,12,15,20H,10H2,1-5H3/t12-,15-/m0/s1. The Labute approximate surface area is 121 Å². The van der Waals surface area contributed by atoms with Crippen molar-refractivity contribution in [3.8, 4) is 5.82 Å². The summed E-state index contributed by atoms with van der Waals surface area (Å²) in [7, 11) is 0. The van der Waals surface area contributed by atoms with E-state index < -0.39 is 0 Å². The zero-order valence-electron chi connectivity index (χ0n) is 13.0. The van der Waals surface area contributed by atoms with Gasteiger partial charge in [-0.1, -0.05) is 6.92 Å². The maximum atomic E-state index is 9.66. The lowest BCUT2D eigenvalue weighted by atomic mass is 9.99. The fourth-order valence-electron chi connectivity index (χ4n) is 2.47. The largest absolute Gasteiger partial charge is 0.393 e. The van der Waals surface area contributed by atoms with Gasteiger partial charge in [0.15, 0.2) is 0 Å². The molecule has 3 nitrogen and oxygen atoms in total. The number of aliphatic hydroxyl groups is 1. The third-order valence-electron chi connectivity index (χ3n) is 3.86. The van der Waals surface area contributed by atoms with E-state index in [2.05, 4.69) is 56.5 Å². The molecule has 0 aliphatic carbocycles. The summed E-state index contributed by atoms with van der Waals surface area (Å²) in [5, 5.41) is 9.66. The number of aliphatic hydroxyl groups excluding tert-OH is 1. The van der Waals surface area contributed by atoms with Gasteiger partial charge in [0.2, 0.25) is 0 Å². The highest BCUT2D eigenvalue weighted by molar-refractivity contribution is 5.35. The molecule has 2 heterocycles. The van der Waals surface area contributed by atoms with Gasteiger partial charge in [-0.3, -0.25) is 0 Å². The second-order valence-electron chi connectivity index (χ2n) is 5.87. The number of aryl methyl sites for hydroxylation is 3. The average Bonchev–Trinajstić information content (AvgIpc) is 2.68. The Hall–Kier alpha value is -1.61. The molecule has 1 N–H and O–H groups in total. The lowest BCUT2D eigenvalue weighted by molar-refractivity contribution is 0.134. The molecule has 0 aliphatic rings. The number of pyridine rings is 1. The Morgan fingerprint density at radius 2 is 1.70 bits per heavy atom. The Morgan fingerprint density at radius 1 is 1.10 bits per heavy atom. The average molecular weight is 272 g/mol. The molecule has 0 amide bonds. The normalized spacial score (nSPS) is 14.3. The van der Waals surface area contributed by atoms with Crippen molar-refractivity contribution in [3.05, 3.63) is 46.9 Å². The van der Waals surface area contributed by atoms with Crippen LogP contribution in [0.25, 0.3) is 5.82 Å². The molecule has 0 unspecified atom stereocenters. The van der Waals surface area contributed by atoms with Crippen LogP contribution in [-0.2, 0) is 6.42 Å². The van der Waals surface area contributed by atoms with E-state index in [0.29, 0.717) is 0 Å². The van der Waals surface area contributed by atoms with E-state index in [1.54, 1.807) is 0 Å². The molecule has 0 saturated heterocycles. The monoisotopic (exact) mass is 272 g/mol. The SMILES string of the molecule is Cc1cc(C[C@H](C)[C@H](C)O)nc(-n2c(C)ccc2C)c1. The Bertz CT molecular complexity index is 580. The maximum Gasteiger partial charge on any atom is 0.137 e. The lowest BCUT2D eigenvalue weighted by Crippen LogP contribution is -2.16. The zero-order chi connectivity index (χ0) is 14.9. The number of aromatic nitrogens is 2. The zero-order valence-corrected chi connectivity index (χ0v) is 13.0. The molecule has 0 fully saturated rings. The van der Waals surface area contributed by atoms with E-state index >= 15 is 0 Å². The van der Waals surface area contributed by atoms with Gasteiger partial charge in [-0.05, 0) is 69.9 Å².